The fraction of sp³-hybridized carbons (Fsp3) is 0.333. The summed E-state index contributed by atoms with van der Waals surface area (Å²) in [6.45, 7) is 2.73. The smallest absolute Gasteiger partial charge is 0.125 e. The lowest BCUT2D eigenvalue weighted by atomic mass is 10.0. The van der Waals surface area contributed by atoms with E-state index < -0.39 is 0 Å². The number of ether oxygens (including phenoxy) is 2. The van der Waals surface area contributed by atoms with Gasteiger partial charge in [0.1, 0.15) is 24.2 Å². The second-order valence-electron chi connectivity index (χ2n) is 5.30. The monoisotopic (exact) mass is 283 g/mol. The number of hydrogen-bond acceptors (Lipinski definition) is 3. The lowest BCUT2D eigenvalue weighted by Crippen LogP contribution is -2.27. The van der Waals surface area contributed by atoms with Crippen LogP contribution in [0.4, 0.5) is 0 Å². The van der Waals surface area contributed by atoms with E-state index in [4.69, 9.17) is 9.47 Å². The number of nitrogens with one attached hydrogen (secondary N) is 1. The van der Waals surface area contributed by atoms with Crippen LogP contribution in [0, 0.1) is 0 Å². The number of likely N-dealkylation sites (N-methyl/N-ethyl adjacent to an activating group) is 1. The maximum absolute atomic E-state index is 5.96. The first-order chi connectivity index (χ1) is 10.3. The van der Waals surface area contributed by atoms with Crippen molar-refractivity contribution in [1.29, 1.82) is 0 Å². The van der Waals surface area contributed by atoms with Crippen molar-refractivity contribution in [1.82, 2.24) is 5.32 Å². The van der Waals surface area contributed by atoms with Gasteiger partial charge in [0.05, 0.1) is 6.04 Å². The molecule has 0 radical (unpaired) electrons. The highest BCUT2D eigenvalue weighted by Crippen LogP contribution is 2.39. The lowest BCUT2D eigenvalue weighted by molar-refractivity contribution is 0.189. The standard InChI is InChI=1S/C18H21NO2/c1-3-16-18(19-2)15-11-14(9-10-17(15)21-16)20-12-13-7-5-4-6-8-13/h4-11,16,18-19H,3,12H2,1-2H3. The highest BCUT2D eigenvalue weighted by molar-refractivity contribution is 5.45. The third-order valence-electron chi connectivity index (χ3n) is 3.93. The van der Waals surface area contributed by atoms with Crippen LogP contribution in [0.2, 0.25) is 0 Å². The molecule has 0 amide bonds. The number of hydrogen-bond donors (Lipinski definition) is 1. The van der Waals surface area contributed by atoms with Crippen molar-refractivity contribution < 1.29 is 9.47 Å². The van der Waals surface area contributed by atoms with Gasteiger partial charge in [0, 0.05) is 5.56 Å². The first-order valence-electron chi connectivity index (χ1n) is 7.46. The Kier molecular flexibility index (Phi) is 4.11. The molecule has 2 aromatic carbocycles. The second kappa shape index (κ2) is 6.19. The first kappa shape index (κ1) is 14.0. The van der Waals surface area contributed by atoms with E-state index in [1.54, 1.807) is 0 Å². The zero-order valence-corrected chi connectivity index (χ0v) is 12.5. The van der Waals surface area contributed by atoms with Gasteiger partial charge < -0.3 is 14.8 Å². The van der Waals surface area contributed by atoms with Crippen LogP contribution < -0.4 is 14.8 Å². The van der Waals surface area contributed by atoms with Gasteiger partial charge in [-0.2, -0.15) is 0 Å². The van der Waals surface area contributed by atoms with E-state index in [0.717, 1.165) is 17.9 Å². The number of rotatable bonds is 5. The summed E-state index contributed by atoms with van der Waals surface area (Å²) in [6.07, 6.45) is 1.19. The quantitative estimate of drug-likeness (QED) is 0.907. The van der Waals surface area contributed by atoms with Crippen molar-refractivity contribution in [2.24, 2.45) is 0 Å². The Morgan fingerprint density at radius 2 is 1.95 bits per heavy atom. The van der Waals surface area contributed by atoms with Gasteiger partial charge in [-0.1, -0.05) is 37.3 Å². The third kappa shape index (κ3) is 2.88. The van der Waals surface area contributed by atoms with E-state index in [9.17, 15) is 0 Å². The molecule has 3 nitrogen and oxygen atoms in total. The summed E-state index contributed by atoms with van der Waals surface area (Å²) < 4.78 is 11.9. The molecule has 1 aliphatic rings. The van der Waals surface area contributed by atoms with Gasteiger partial charge in [0.2, 0.25) is 0 Å². The molecule has 2 aromatic rings. The molecule has 110 valence electrons. The molecule has 1 aliphatic heterocycles. The molecule has 0 saturated heterocycles. The maximum atomic E-state index is 5.96. The Morgan fingerprint density at radius 3 is 2.67 bits per heavy atom. The van der Waals surface area contributed by atoms with Gasteiger partial charge in [0.15, 0.2) is 0 Å². The molecule has 0 fully saturated rings. The Morgan fingerprint density at radius 1 is 1.14 bits per heavy atom. The van der Waals surface area contributed by atoms with E-state index >= 15 is 0 Å². The lowest BCUT2D eigenvalue weighted by Gasteiger charge is -2.16. The van der Waals surface area contributed by atoms with Crippen LogP contribution in [-0.2, 0) is 6.61 Å². The molecule has 1 heterocycles. The molecule has 21 heavy (non-hydrogen) atoms. The largest absolute Gasteiger partial charge is 0.489 e. The van der Waals surface area contributed by atoms with Gasteiger partial charge in [-0.3, -0.25) is 0 Å². The van der Waals surface area contributed by atoms with Crippen LogP contribution in [0.25, 0.3) is 0 Å². The van der Waals surface area contributed by atoms with Gasteiger partial charge in [-0.05, 0) is 37.2 Å². The van der Waals surface area contributed by atoms with E-state index in [2.05, 4.69) is 30.4 Å². The zero-order valence-electron chi connectivity index (χ0n) is 12.5. The van der Waals surface area contributed by atoms with Crippen LogP contribution in [0.5, 0.6) is 11.5 Å². The summed E-state index contributed by atoms with van der Waals surface area (Å²) in [5.41, 5.74) is 2.36. The number of benzene rings is 2. The van der Waals surface area contributed by atoms with Crippen molar-refractivity contribution in [3.8, 4) is 11.5 Å². The van der Waals surface area contributed by atoms with Crippen LogP contribution in [0.3, 0.4) is 0 Å². The minimum atomic E-state index is 0.203. The molecule has 2 unspecified atom stereocenters. The highest BCUT2D eigenvalue weighted by Gasteiger charge is 2.32. The van der Waals surface area contributed by atoms with Crippen LogP contribution in [0.15, 0.2) is 48.5 Å². The normalized spacial score (nSPS) is 19.9. The van der Waals surface area contributed by atoms with Crippen molar-refractivity contribution in [2.45, 2.75) is 32.1 Å². The molecule has 0 saturated carbocycles. The summed E-state index contributed by atoms with van der Waals surface area (Å²) in [4.78, 5) is 0. The van der Waals surface area contributed by atoms with Crippen molar-refractivity contribution >= 4 is 0 Å². The molecule has 1 N–H and O–H groups in total. The summed E-state index contributed by atoms with van der Waals surface area (Å²) in [6, 6.07) is 16.5. The molecule has 0 aromatic heterocycles. The Hall–Kier alpha value is -2.00. The molecule has 0 aliphatic carbocycles. The minimum absolute atomic E-state index is 0.203. The van der Waals surface area contributed by atoms with Crippen LogP contribution in [0.1, 0.15) is 30.5 Å². The highest BCUT2D eigenvalue weighted by atomic mass is 16.5. The Bertz CT molecular complexity index is 597. The first-order valence-corrected chi connectivity index (χ1v) is 7.46. The fourth-order valence-corrected chi connectivity index (χ4v) is 2.80. The second-order valence-corrected chi connectivity index (χ2v) is 5.30. The van der Waals surface area contributed by atoms with Gasteiger partial charge >= 0.3 is 0 Å². The minimum Gasteiger partial charge on any atom is -0.489 e. The summed E-state index contributed by atoms with van der Waals surface area (Å²) in [5.74, 6) is 1.85. The molecule has 2 atom stereocenters. The van der Waals surface area contributed by atoms with Crippen LogP contribution in [-0.4, -0.2) is 13.2 Å². The average Bonchev–Trinajstić information content (AvgIpc) is 2.90. The van der Waals surface area contributed by atoms with Gasteiger partial charge in [0.25, 0.3) is 0 Å². The fourth-order valence-electron chi connectivity index (χ4n) is 2.80. The van der Waals surface area contributed by atoms with E-state index in [0.29, 0.717) is 6.61 Å². The summed E-state index contributed by atoms with van der Waals surface area (Å²) >= 11 is 0. The molecule has 3 heteroatoms. The summed E-state index contributed by atoms with van der Waals surface area (Å²) in [7, 11) is 1.98. The molecule has 0 spiro atoms. The molecule has 3 rings (SSSR count). The predicted molar refractivity (Wildman–Crippen MR) is 83.7 cm³/mol. The van der Waals surface area contributed by atoms with Crippen molar-refractivity contribution in [3.63, 3.8) is 0 Å². The third-order valence-corrected chi connectivity index (χ3v) is 3.93. The molecular formula is C18H21NO2. The van der Waals surface area contributed by atoms with Crippen LogP contribution >= 0.6 is 0 Å². The van der Waals surface area contributed by atoms with Gasteiger partial charge in [-0.25, -0.2) is 0 Å². The van der Waals surface area contributed by atoms with E-state index in [1.165, 1.54) is 11.1 Å². The molecular weight excluding hydrogens is 262 g/mol. The van der Waals surface area contributed by atoms with Crippen molar-refractivity contribution in [2.75, 3.05) is 7.05 Å². The predicted octanol–water partition coefficient (Wildman–Crippen LogP) is 3.70. The zero-order chi connectivity index (χ0) is 14.7. The van der Waals surface area contributed by atoms with Crippen molar-refractivity contribution in [3.05, 3.63) is 59.7 Å². The topological polar surface area (TPSA) is 30.5 Å². The molecule has 0 bridgehead atoms. The Labute approximate surface area is 125 Å². The average molecular weight is 283 g/mol. The SMILES string of the molecule is CCC1Oc2ccc(OCc3ccccc3)cc2C1NC. The maximum Gasteiger partial charge on any atom is 0.125 e. The van der Waals surface area contributed by atoms with E-state index in [1.807, 2.05) is 37.4 Å². The number of fused-ring (bicyclic) bond motifs is 1. The van der Waals surface area contributed by atoms with E-state index in [-0.39, 0.29) is 12.1 Å². The van der Waals surface area contributed by atoms with Gasteiger partial charge in [-0.15, -0.1) is 0 Å². The summed E-state index contributed by atoms with van der Waals surface area (Å²) in [5, 5.41) is 3.34. The Balaban J connectivity index is 1.75.